The molecule has 2 amide bonds. The molecule has 0 saturated carbocycles. The van der Waals surface area contributed by atoms with Crippen LogP contribution in [0.2, 0.25) is 0 Å². The molecule has 21 heavy (non-hydrogen) atoms. The van der Waals surface area contributed by atoms with Crippen molar-refractivity contribution in [2.24, 2.45) is 5.92 Å². The highest BCUT2D eigenvalue weighted by Crippen LogP contribution is 2.16. The molecule has 5 nitrogen and oxygen atoms in total. The molecule has 2 N–H and O–H groups in total. The highest BCUT2D eigenvalue weighted by atomic mass is 16.2. The molecule has 1 aliphatic heterocycles. The van der Waals surface area contributed by atoms with Gasteiger partial charge < -0.3 is 15.5 Å². The SMILES string of the molecule is CC1CCNC(C(=O)N(C)CC(=O)Nc2ccccc2)C1. The van der Waals surface area contributed by atoms with Gasteiger partial charge in [0.25, 0.3) is 0 Å². The van der Waals surface area contributed by atoms with E-state index < -0.39 is 0 Å². The van der Waals surface area contributed by atoms with Crippen LogP contribution in [0.4, 0.5) is 5.69 Å². The maximum absolute atomic E-state index is 12.3. The molecule has 1 fully saturated rings. The van der Waals surface area contributed by atoms with Crippen LogP contribution in [0.25, 0.3) is 0 Å². The number of nitrogens with zero attached hydrogens (tertiary/aromatic N) is 1. The number of hydrogen-bond acceptors (Lipinski definition) is 3. The second-order valence-corrected chi connectivity index (χ2v) is 5.74. The van der Waals surface area contributed by atoms with Crippen LogP contribution in [0.1, 0.15) is 19.8 Å². The fraction of sp³-hybridized carbons (Fsp3) is 0.500. The Morgan fingerprint density at radius 1 is 1.33 bits per heavy atom. The molecular formula is C16H23N3O2. The molecule has 1 aliphatic rings. The molecule has 114 valence electrons. The first kappa shape index (κ1) is 15.5. The Morgan fingerprint density at radius 2 is 2.05 bits per heavy atom. The topological polar surface area (TPSA) is 61.4 Å². The van der Waals surface area contributed by atoms with Gasteiger partial charge >= 0.3 is 0 Å². The minimum absolute atomic E-state index is 0.00948. The first-order valence-electron chi connectivity index (χ1n) is 7.39. The van der Waals surface area contributed by atoms with Crippen molar-refractivity contribution in [1.82, 2.24) is 10.2 Å². The monoisotopic (exact) mass is 289 g/mol. The van der Waals surface area contributed by atoms with E-state index in [0.29, 0.717) is 5.92 Å². The summed E-state index contributed by atoms with van der Waals surface area (Å²) >= 11 is 0. The highest BCUT2D eigenvalue weighted by molar-refractivity contribution is 5.95. The van der Waals surface area contributed by atoms with Crippen LogP contribution in [0.15, 0.2) is 30.3 Å². The zero-order valence-corrected chi connectivity index (χ0v) is 12.6. The second-order valence-electron chi connectivity index (χ2n) is 5.74. The summed E-state index contributed by atoms with van der Waals surface area (Å²) in [5.41, 5.74) is 0.743. The summed E-state index contributed by atoms with van der Waals surface area (Å²) in [6, 6.07) is 9.09. The largest absolute Gasteiger partial charge is 0.335 e. The van der Waals surface area contributed by atoms with Gasteiger partial charge in [0.15, 0.2) is 0 Å². The first-order chi connectivity index (χ1) is 10.1. The summed E-state index contributed by atoms with van der Waals surface area (Å²) in [6.07, 6.45) is 1.94. The number of carbonyl (C=O) groups excluding carboxylic acids is 2. The molecular weight excluding hydrogens is 266 g/mol. The van der Waals surface area contributed by atoms with Crippen LogP contribution in [-0.4, -0.2) is 42.9 Å². The van der Waals surface area contributed by atoms with Crippen molar-refractivity contribution in [2.75, 3.05) is 25.5 Å². The number of piperidine rings is 1. The van der Waals surface area contributed by atoms with Gasteiger partial charge in [0.05, 0.1) is 12.6 Å². The van der Waals surface area contributed by atoms with Crippen molar-refractivity contribution < 1.29 is 9.59 Å². The van der Waals surface area contributed by atoms with Gasteiger partial charge in [0.1, 0.15) is 0 Å². The van der Waals surface area contributed by atoms with Crippen LogP contribution >= 0.6 is 0 Å². The number of benzene rings is 1. The molecule has 2 rings (SSSR count). The lowest BCUT2D eigenvalue weighted by Gasteiger charge is -2.30. The van der Waals surface area contributed by atoms with Crippen molar-refractivity contribution in [1.29, 1.82) is 0 Å². The molecule has 0 bridgehead atoms. The number of likely N-dealkylation sites (N-methyl/N-ethyl adjacent to an activating group) is 1. The van der Waals surface area contributed by atoms with Gasteiger partial charge in [-0.3, -0.25) is 9.59 Å². The van der Waals surface area contributed by atoms with Crippen LogP contribution in [0.5, 0.6) is 0 Å². The summed E-state index contributed by atoms with van der Waals surface area (Å²) in [5, 5.41) is 6.02. The first-order valence-corrected chi connectivity index (χ1v) is 7.39. The maximum atomic E-state index is 12.3. The third kappa shape index (κ3) is 4.56. The Kier molecular flexibility index (Phi) is 5.33. The van der Waals surface area contributed by atoms with E-state index in [1.165, 1.54) is 4.90 Å². The van der Waals surface area contributed by atoms with Crippen LogP contribution in [-0.2, 0) is 9.59 Å². The van der Waals surface area contributed by atoms with E-state index in [1.807, 2.05) is 30.3 Å². The normalized spacial score (nSPS) is 21.6. The minimum atomic E-state index is -0.180. The fourth-order valence-corrected chi connectivity index (χ4v) is 2.58. The zero-order valence-electron chi connectivity index (χ0n) is 12.6. The summed E-state index contributed by atoms with van der Waals surface area (Å²) in [6.45, 7) is 3.09. The third-order valence-electron chi connectivity index (χ3n) is 3.78. The van der Waals surface area contributed by atoms with E-state index in [1.54, 1.807) is 7.05 Å². The Labute approximate surface area is 125 Å². The van der Waals surface area contributed by atoms with Crippen molar-refractivity contribution in [2.45, 2.75) is 25.8 Å². The predicted molar refractivity (Wildman–Crippen MR) is 82.9 cm³/mol. The second kappa shape index (κ2) is 7.22. The number of carbonyl (C=O) groups is 2. The maximum Gasteiger partial charge on any atom is 0.243 e. The van der Waals surface area contributed by atoms with E-state index in [2.05, 4.69) is 17.6 Å². The lowest BCUT2D eigenvalue weighted by atomic mass is 9.93. The Hall–Kier alpha value is -1.88. The van der Waals surface area contributed by atoms with Gasteiger partial charge in [-0.25, -0.2) is 0 Å². The van der Waals surface area contributed by atoms with Crippen LogP contribution < -0.4 is 10.6 Å². The molecule has 1 heterocycles. The highest BCUT2D eigenvalue weighted by Gasteiger charge is 2.27. The number of hydrogen-bond donors (Lipinski definition) is 2. The van der Waals surface area contributed by atoms with Gasteiger partial charge in [-0.1, -0.05) is 25.1 Å². The summed E-state index contributed by atoms with van der Waals surface area (Å²) < 4.78 is 0. The molecule has 1 saturated heterocycles. The minimum Gasteiger partial charge on any atom is -0.335 e. The number of nitrogens with one attached hydrogen (secondary N) is 2. The molecule has 1 aromatic carbocycles. The molecule has 5 heteroatoms. The Bertz CT molecular complexity index is 490. The van der Waals surface area contributed by atoms with Crippen molar-refractivity contribution in [3.63, 3.8) is 0 Å². The van der Waals surface area contributed by atoms with Crippen LogP contribution in [0, 0.1) is 5.92 Å². The predicted octanol–water partition coefficient (Wildman–Crippen LogP) is 1.47. The van der Waals surface area contributed by atoms with Gasteiger partial charge in [-0.15, -0.1) is 0 Å². The average molecular weight is 289 g/mol. The molecule has 0 radical (unpaired) electrons. The van der Waals surface area contributed by atoms with E-state index in [4.69, 9.17) is 0 Å². The van der Waals surface area contributed by atoms with Gasteiger partial charge in [0.2, 0.25) is 11.8 Å². The van der Waals surface area contributed by atoms with E-state index in [-0.39, 0.29) is 24.4 Å². The van der Waals surface area contributed by atoms with E-state index >= 15 is 0 Å². The van der Waals surface area contributed by atoms with E-state index in [9.17, 15) is 9.59 Å². The zero-order chi connectivity index (χ0) is 15.2. The quantitative estimate of drug-likeness (QED) is 0.882. The lowest BCUT2D eigenvalue weighted by molar-refractivity contribution is -0.136. The van der Waals surface area contributed by atoms with E-state index in [0.717, 1.165) is 25.1 Å². The number of amides is 2. The summed E-state index contributed by atoms with van der Waals surface area (Å²) in [7, 11) is 1.67. The molecule has 2 atom stereocenters. The Morgan fingerprint density at radius 3 is 2.71 bits per heavy atom. The summed E-state index contributed by atoms with van der Waals surface area (Å²) in [4.78, 5) is 25.8. The number of anilines is 1. The smallest absolute Gasteiger partial charge is 0.243 e. The molecule has 2 unspecified atom stereocenters. The third-order valence-corrected chi connectivity index (χ3v) is 3.78. The van der Waals surface area contributed by atoms with Crippen LogP contribution in [0.3, 0.4) is 0 Å². The molecule has 0 aromatic heterocycles. The standard InChI is InChI=1S/C16H23N3O2/c1-12-8-9-17-14(10-12)16(21)19(2)11-15(20)18-13-6-4-3-5-7-13/h3-7,12,14,17H,8-11H2,1-2H3,(H,18,20). The lowest BCUT2D eigenvalue weighted by Crippen LogP contribution is -2.50. The molecule has 0 spiro atoms. The number of rotatable bonds is 4. The van der Waals surface area contributed by atoms with Crippen molar-refractivity contribution in [3.05, 3.63) is 30.3 Å². The summed E-state index contributed by atoms with van der Waals surface area (Å²) in [5.74, 6) is 0.359. The van der Waals surface area contributed by atoms with Crippen molar-refractivity contribution in [3.8, 4) is 0 Å². The number of para-hydroxylation sites is 1. The van der Waals surface area contributed by atoms with Crippen molar-refractivity contribution >= 4 is 17.5 Å². The average Bonchev–Trinajstić information content (AvgIpc) is 2.47. The molecule has 0 aliphatic carbocycles. The fourth-order valence-electron chi connectivity index (χ4n) is 2.58. The van der Waals surface area contributed by atoms with Gasteiger partial charge in [0, 0.05) is 12.7 Å². The Balaban J connectivity index is 1.84. The van der Waals surface area contributed by atoms with Gasteiger partial charge in [-0.2, -0.15) is 0 Å². The van der Waals surface area contributed by atoms with Gasteiger partial charge in [-0.05, 0) is 37.4 Å². The molecule has 1 aromatic rings.